The Morgan fingerprint density at radius 1 is 1.17 bits per heavy atom. The fourth-order valence-corrected chi connectivity index (χ4v) is 2.71. The third-order valence-electron chi connectivity index (χ3n) is 4.30. The Balaban J connectivity index is 1.76. The van der Waals surface area contributed by atoms with Gasteiger partial charge in [0.05, 0.1) is 19.8 Å². The average molecular weight is 402 g/mol. The van der Waals surface area contributed by atoms with Crippen molar-refractivity contribution in [2.24, 2.45) is 0 Å². The van der Waals surface area contributed by atoms with Gasteiger partial charge in [-0.2, -0.15) is 9.97 Å². The topological polar surface area (TPSA) is 141 Å². The van der Waals surface area contributed by atoms with Crippen molar-refractivity contribution in [1.29, 1.82) is 0 Å². The third-order valence-corrected chi connectivity index (χ3v) is 4.30. The summed E-state index contributed by atoms with van der Waals surface area (Å²) in [5, 5.41) is 8.78. The fraction of sp³-hybridized carbons (Fsp3) is 0.474. The number of nitrogens with one attached hydrogen (secondary N) is 1. The molecule has 10 heteroatoms. The lowest BCUT2D eigenvalue weighted by molar-refractivity contribution is 0.249. The van der Waals surface area contributed by atoms with Crippen molar-refractivity contribution in [3.8, 4) is 11.9 Å². The highest BCUT2D eigenvalue weighted by Crippen LogP contribution is 2.19. The molecule has 0 fully saturated rings. The zero-order valence-corrected chi connectivity index (χ0v) is 16.4. The number of anilines is 1. The summed E-state index contributed by atoms with van der Waals surface area (Å²) in [6.07, 6.45) is 4.96. The van der Waals surface area contributed by atoms with Crippen LogP contribution in [-0.4, -0.2) is 49.4 Å². The lowest BCUT2D eigenvalue weighted by Gasteiger charge is -2.08. The molecule has 3 heterocycles. The quantitative estimate of drug-likeness (QED) is 0.410. The Kier molecular flexibility index (Phi) is 7.01. The molecule has 156 valence electrons. The minimum atomic E-state index is -0.337. The van der Waals surface area contributed by atoms with Gasteiger partial charge in [-0.05, 0) is 24.8 Å². The first-order valence-corrected chi connectivity index (χ1v) is 9.69. The highest BCUT2D eigenvalue weighted by molar-refractivity contribution is 5.81. The van der Waals surface area contributed by atoms with Crippen LogP contribution in [0.15, 0.2) is 23.1 Å². The zero-order chi connectivity index (χ0) is 20.6. The standard InChI is InChI=1S/C19H26N6O4/c1-2-3-9-29-18-23-16(20)15-17(24-18)25(19(27)22-15)12-13-6-7-14(21-11-13)28-10-5-4-8-26/h6-7,11,26H,2-5,8-10,12H2,1H3,(H,22,27)(H2,20,23,24). The summed E-state index contributed by atoms with van der Waals surface area (Å²) in [7, 11) is 0. The number of fused-ring (bicyclic) bond motifs is 1. The molecule has 0 aliphatic carbocycles. The van der Waals surface area contributed by atoms with Crippen molar-refractivity contribution in [2.75, 3.05) is 25.6 Å². The lowest BCUT2D eigenvalue weighted by Crippen LogP contribution is -2.18. The molecule has 0 spiro atoms. The molecule has 0 saturated carbocycles. The van der Waals surface area contributed by atoms with E-state index in [9.17, 15) is 4.79 Å². The van der Waals surface area contributed by atoms with E-state index < -0.39 is 0 Å². The van der Waals surface area contributed by atoms with Gasteiger partial charge in [-0.1, -0.05) is 19.4 Å². The second-order valence-corrected chi connectivity index (χ2v) is 6.59. The molecular formula is C19H26N6O4. The SMILES string of the molecule is CCCCOc1nc(N)c2[nH]c(=O)n(Cc3ccc(OCCCCO)nc3)c2n1. The average Bonchev–Trinajstić information content (AvgIpc) is 3.03. The van der Waals surface area contributed by atoms with E-state index in [1.807, 2.05) is 6.07 Å². The molecule has 0 amide bonds. The number of hydrogen-bond donors (Lipinski definition) is 3. The summed E-state index contributed by atoms with van der Waals surface area (Å²) in [4.78, 5) is 27.8. The summed E-state index contributed by atoms with van der Waals surface area (Å²) in [6, 6.07) is 3.74. The Morgan fingerprint density at radius 2 is 2.00 bits per heavy atom. The Bertz CT molecular complexity index is 983. The molecule has 0 saturated heterocycles. The van der Waals surface area contributed by atoms with E-state index in [2.05, 4.69) is 26.9 Å². The van der Waals surface area contributed by atoms with Gasteiger partial charge in [0.25, 0.3) is 0 Å². The van der Waals surface area contributed by atoms with Crippen molar-refractivity contribution in [1.82, 2.24) is 24.5 Å². The number of imidazole rings is 1. The summed E-state index contributed by atoms with van der Waals surface area (Å²) in [5.41, 5.74) is 7.21. The summed E-state index contributed by atoms with van der Waals surface area (Å²) in [6.45, 7) is 3.45. The van der Waals surface area contributed by atoms with Gasteiger partial charge < -0.3 is 25.3 Å². The second-order valence-electron chi connectivity index (χ2n) is 6.59. The molecule has 0 aliphatic rings. The number of nitrogen functional groups attached to an aromatic ring is 1. The van der Waals surface area contributed by atoms with E-state index in [-0.39, 0.29) is 30.7 Å². The number of ether oxygens (including phenoxy) is 2. The van der Waals surface area contributed by atoms with E-state index in [0.717, 1.165) is 24.8 Å². The highest BCUT2D eigenvalue weighted by atomic mass is 16.5. The molecule has 29 heavy (non-hydrogen) atoms. The predicted octanol–water partition coefficient (Wildman–Crippen LogP) is 1.48. The van der Waals surface area contributed by atoms with Crippen molar-refractivity contribution < 1.29 is 14.6 Å². The molecule has 3 aromatic rings. The van der Waals surface area contributed by atoms with E-state index in [4.69, 9.17) is 20.3 Å². The lowest BCUT2D eigenvalue weighted by atomic mass is 10.3. The Morgan fingerprint density at radius 3 is 2.72 bits per heavy atom. The van der Waals surface area contributed by atoms with Crippen LogP contribution in [0.5, 0.6) is 11.9 Å². The molecule has 0 bridgehead atoms. The van der Waals surface area contributed by atoms with E-state index >= 15 is 0 Å². The van der Waals surface area contributed by atoms with Crippen LogP contribution in [0.2, 0.25) is 0 Å². The Labute approximate surface area is 167 Å². The molecular weight excluding hydrogens is 376 g/mol. The summed E-state index contributed by atoms with van der Waals surface area (Å²) >= 11 is 0. The highest BCUT2D eigenvalue weighted by Gasteiger charge is 2.15. The second kappa shape index (κ2) is 9.87. The van der Waals surface area contributed by atoms with Gasteiger partial charge >= 0.3 is 11.7 Å². The smallest absolute Gasteiger partial charge is 0.328 e. The molecule has 4 N–H and O–H groups in total. The van der Waals surface area contributed by atoms with Crippen LogP contribution in [0.3, 0.4) is 0 Å². The zero-order valence-electron chi connectivity index (χ0n) is 16.4. The summed E-state index contributed by atoms with van der Waals surface area (Å²) < 4.78 is 12.5. The predicted molar refractivity (Wildman–Crippen MR) is 108 cm³/mol. The number of pyridine rings is 1. The first-order chi connectivity index (χ1) is 14.1. The van der Waals surface area contributed by atoms with E-state index in [1.54, 1.807) is 12.3 Å². The third kappa shape index (κ3) is 5.23. The van der Waals surface area contributed by atoms with Gasteiger partial charge in [-0.25, -0.2) is 9.78 Å². The maximum absolute atomic E-state index is 12.4. The van der Waals surface area contributed by atoms with Crippen molar-refractivity contribution in [3.63, 3.8) is 0 Å². The van der Waals surface area contributed by atoms with Crippen molar-refractivity contribution >= 4 is 17.0 Å². The first kappa shape index (κ1) is 20.6. The maximum atomic E-state index is 12.4. The van der Waals surface area contributed by atoms with Crippen molar-refractivity contribution in [2.45, 2.75) is 39.2 Å². The van der Waals surface area contributed by atoms with Gasteiger partial charge in [0.15, 0.2) is 11.5 Å². The minimum absolute atomic E-state index is 0.147. The van der Waals surface area contributed by atoms with Crippen LogP contribution in [0.4, 0.5) is 5.82 Å². The number of aromatic amines is 1. The molecule has 0 aromatic carbocycles. The Hall–Kier alpha value is -3.14. The van der Waals surface area contributed by atoms with Gasteiger partial charge in [0.2, 0.25) is 5.88 Å². The van der Waals surface area contributed by atoms with Crippen LogP contribution in [0.1, 0.15) is 38.2 Å². The van der Waals surface area contributed by atoms with Crippen LogP contribution < -0.4 is 20.9 Å². The number of H-pyrrole nitrogens is 1. The van der Waals surface area contributed by atoms with Gasteiger partial charge in [-0.3, -0.25) is 4.57 Å². The minimum Gasteiger partial charge on any atom is -0.478 e. The number of aliphatic hydroxyl groups excluding tert-OH is 1. The molecule has 0 radical (unpaired) electrons. The van der Waals surface area contributed by atoms with Gasteiger partial charge in [0, 0.05) is 18.9 Å². The monoisotopic (exact) mass is 402 g/mol. The van der Waals surface area contributed by atoms with Crippen LogP contribution in [0.25, 0.3) is 11.2 Å². The maximum Gasteiger partial charge on any atom is 0.328 e. The molecule has 0 atom stereocenters. The number of unbranched alkanes of at least 4 members (excludes halogenated alkanes) is 2. The normalized spacial score (nSPS) is 11.1. The van der Waals surface area contributed by atoms with Crippen LogP contribution >= 0.6 is 0 Å². The van der Waals surface area contributed by atoms with Gasteiger partial charge in [0.1, 0.15) is 5.52 Å². The molecule has 0 aliphatic heterocycles. The van der Waals surface area contributed by atoms with Crippen LogP contribution in [0, 0.1) is 0 Å². The molecule has 3 rings (SSSR count). The van der Waals surface area contributed by atoms with E-state index in [1.165, 1.54) is 4.57 Å². The van der Waals surface area contributed by atoms with Gasteiger partial charge in [-0.15, -0.1) is 0 Å². The number of nitrogens with zero attached hydrogens (tertiary/aromatic N) is 4. The largest absolute Gasteiger partial charge is 0.478 e. The number of aromatic nitrogens is 5. The molecule has 0 unspecified atom stereocenters. The van der Waals surface area contributed by atoms with Crippen LogP contribution in [-0.2, 0) is 6.54 Å². The number of aliphatic hydroxyl groups is 1. The number of nitrogens with two attached hydrogens (primary N) is 1. The molecule has 3 aromatic heterocycles. The first-order valence-electron chi connectivity index (χ1n) is 9.69. The number of hydrogen-bond acceptors (Lipinski definition) is 8. The molecule has 10 nitrogen and oxygen atoms in total. The number of rotatable bonds is 11. The van der Waals surface area contributed by atoms with Crippen molar-refractivity contribution in [3.05, 3.63) is 34.4 Å². The summed E-state index contributed by atoms with van der Waals surface area (Å²) in [5.74, 6) is 0.665. The fourth-order valence-electron chi connectivity index (χ4n) is 2.71. The van der Waals surface area contributed by atoms with E-state index in [0.29, 0.717) is 36.7 Å².